The fourth-order valence-electron chi connectivity index (χ4n) is 2.87. The molecule has 2 atom stereocenters. The summed E-state index contributed by atoms with van der Waals surface area (Å²) >= 11 is 0. The summed E-state index contributed by atoms with van der Waals surface area (Å²) in [6, 6.07) is 0.439. The highest BCUT2D eigenvalue weighted by Crippen LogP contribution is 2.28. The average Bonchev–Trinajstić information content (AvgIpc) is 2.93. The lowest BCUT2D eigenvalue weighted by Crippen LogP contribution is -2.42. The molecule has 94 valence electrons. The fourth-order valence-corrected chi connectivity index (χ4v) is 4.08. The Labute approximate surface area is 100 Å². The SMILES string of the molecule is O=S(=O)(NC1CCN2CCCC12)c1cn[nH]c1. The van der Waals surface area contributed by atoms with E-state index in [1.165, 1.54) is 18.8 Å². The van der Waals surface area contributed by atoms with Crippen LogP contribution in [0.15, 0.2) is 17.3 Å². The molecule has 0 amide bonds. The molecule has 0 spiro atoms. The summed E-state index contributed by atoms with van der Waals surface area (Å²) in [6.45, 7) is 2.11. The van der Waals surface area contributed by atoms with Crippen LogP contribution in [0.2, 0.25) is 0 Å². The van der Waals surface area contributed by atoms with Gasteiger partial charge in [0.1, 0.15) is 4.90 Å². The minimum absolute atomic E-state index is 0.0531. The van der Waals surface area contributed by atoms with Crippen LogP contribution in [0.1, 0.15) is 19.3 Å². The number of aromatic amines is 1. The fraction of sp³-hybridized carbons (Fsp3) is 0.700. The topological polar surface area (TPSA) is 78.1 Å². The summed E-state index contributed by atoms with van der Waals surface area (Å²) in [5.41, 5.74) is 0. The van der Waals surface area contributed by atoms with Gasteiger partial charge in [-0.3, -0.25) is 10.00 Å². The predicted molar refractivity (Wildman–Crippen MR) is 61.9 cm³/mol. The molecule has 2 aliphatic heterocycles. The number of H-pyrrole nitrogens is 1. The quantitative estimate of drug-likeness (QED) is 0.793. The second-order valence-electron chi connectivity index (χ2n) is 4.70. The molecule has 1 aromatic rings. The maximum atomic E-state index is 12.0. The molecule has 2 N–H and O–H groups in total. The molecule has 2 fully saturated rings. The van der Waals surface area contributed by atoms with Gasteiger partial charge >= 0.3 is 0 Å². The van der Waals surface area contributed by atoms with Crippen molar-refractivity contribution in [3.05, 3.63) is 12.4 Å². The van der Waals surface area contributed by atoms with Gasteiger partial charge in [0.2, 0.25) is 10.0 Å². The lowest BCUT2D eigenvalue weighted by atomic mass is 10.1. The van der Waals surface area contributed by atoms with E-state index in [4.69, 9.17) is 0 Å². The normalized spacial score (nSPS) is 29.6. The van der Waals surface area contributed by atoms with Gasteiger partial charge in [0.15, 0.2) is 0 Å². The Kier molecular flexibility index (Phi) is 2.68. The van der Waals surface area contributed by atoms with E-state index in [0.29, 0.717) is 6.04 Å². The van der Waals surface area contributed by atoms with Gasteiger partial charge in [0.05, 0.1) is 6.20 Å². The minimum Gasteiger partial charge on any atom is -0.299 e. The Hall–Kier alpha value is -0.920. The van der Waals surface area contributed by atoms with Crippen molar-refractivity contribution < 1.29 is 8.42 Å². The highest BCUT2D eigenvalue weighted by atomic mass is 32.2. The third kappa shape index (κ3) is 1.98. The zero-order chi connectivity index (χ0) is 11.9. The van der Waals surface area contributed by atoms with Crippen molar-refractivity contribution in [2.24, 2.45) is 0 Å². The molecule has 2 aliphatic rings. The molecule has 3 heterocycles. The number of sulfonamides is 1. The van der Waals surface area contributed by atoms with Crippen molar-refractivity contribution in [1.82, 2.24) is 19.8 Å². The molecular formula is C10H16N4O2S. The summed E-state index contributed by atoms with van der Waals surface area (Å²) in [6.07, 6.45) is 5.92. The molecule has 0 aliphatic carbocycles. The number of rotatable bonds is 3. The van der Waals surface area contributed by atoms with Crippen molar-refractivity contribution in [3.63, 3.8) is 0 Å². The molecule has 0 radical (unpaired) electrons. The second-order valence-corrected chi connectivity index (χ2v) is 6.41. The van der Waals surface area contributed by atoms with Gasteiger partial charge in [-0.1, -0.05) is 0 Å². The third-order valence-electron chi connectivity index (χ3n) is 3.70. The van der Waals surface area contributed by atoms with Gasteiger partial charge in [-0.25, -0.2) is 13.1 Å². The first kappa shape index (κ1) is 11.2. The number of aromatic nitrogens is 2. The molecule has 0 saturated carbocycles. The molecule has 2 unspecified atom stereocenters. The summed E-state index contributed by atoms with van der Waals surface area (Å²) in [5, 5.41) is 6.20. The Bertz CT molecular complexity index is 484. The van der Waals surface area contributed by atoms with Crippen molar-refractivity contribution in [3.8, 4) is 0 Å². The summed E-state index contributed by atoms with van der Waals surface area (Å²) in [5.74, 6) is 0. The van der Waals surface area contributed by atoms with Crippen LogP contribution in [0.25, 0.3) is 0 Å². The van der Waals surface area contributed by atoms with E-state index in [1.54, 1.807) is 0 Å². The maximum absolute atomic E-state index is 12.0. The van der Waals surface area contributed by atoms with Gasteiger partial charge in [-0.15, -0.1) is 0 Å². The average molecular weight is 256 g/mol. The number of hydrogen-bond donors (Lipinski definition) is 2. The zero-order valence-corrected chi connectivity index (χ0v) is 10.3. The molecule has 7 heteroatoms. The van der Waals surface area contributed by atoms with Crippen LogP contribution in [-0.4, -0.2) is 48.7 Å². The van der Waals surface area contributed by atoms with E-state index in [-0.39, 0.29) is 10.9 Å². The predicted octanol–water partition coefficient (Wildman–Crippen LogP) is -0.0753. The Balaban J connectivity index is 1.75. The molecule has 17 heavy (non-hydrogen) atoms. The third-order valence-corrected chi connectivity index (χ3v) is 5.15. The molecule has 0 bridgehead atoms. The van der Waals surface area contributed by atoms with Crippen LogP contribution in [0.5, 0.6) is 0 Å². The van der Waals surface area contributed by atoms with E-state index in [1.807, 2.05) is 0 Å². The van der Waals surface area contributed by atoms with Gasteiger partial charge in [-0.2, -0.15) is 5.10 Å². The second kappa shape index (κ2) is 4.08. The number of nitrogens with one attached hydrogen (secondary N) is 2. The molecule has 6 nitrogen and oxygen atoms in total. The van der Waals surface area contributed by atoms with Gasteiger partial charge in [0, 0.05) is 24.8 Å². The van der Waals surface area contributed by atoms with Crippen molar-refractivity contribution >= 4 is 10.0 Å². The Morgan fingerprint density at radius 3 is 3.06 bits per heavy atom. The molecular weight excluding hydrogens is 240 g/mol. The van der Waals surface area contributed by atoms with Crippen molar-refractivity contribution in [2.45, 2.75) is 36.2 Å². The van der Waals surface area contributed by atoms with E-state index in [0.717, 1.165) is 25.9 Å². The molecule has 0 aromatic carbocycles. The van der Waals surface area contributed by atoms with E-state index in [9.17, 15) is 8.42 Å². The van der Waals surface area contributed by atoms with Crippen LogP contribution in [0, 0.1) is 0 Å². The first-order valence-corrected chi connectivity index (χ1v) is 7.40. The Morgan fingerprint density at radius 2 is 2.29 bits per heavy atom. The van der Waals surface area contributed by atoms with Gasteiger partial charge in [0.25, 0.3) is 0 Å². The number of hydrogen-bond acceptors (Lipinski definition) is 4. The van der Waals surface area contributed by atoms with Crippen LogP contribution < -0.4 is 4.72 Å². The van der Waals surface area contributed by atoms with Gasteiger partial charge < -0.3 is 0 Å². The first-order chi connectivity index (χ1) is 8.17. The van der Waals surface area contributed by atoms with E-state index < -0.39 is 10.0 Å². The molecule has 3 rings (SSSR count). The van der Waals surface area contributed by atoms with Gasteiger partial charge in [-0.05, 0) is 25.8 Å². The van der Waals surface area contributed by atoms with Crippen molar-refractivity contribution in [2.75, 3.05) is 13.1 Å². The van der Waals surface area contributed by atoms with E-state index >= 15 is 0 Å². The summed E-state index contributed by atoms with van der Waals surface area (Å²) in [7, 11) is -3.41. The number of fused-ring (bicyclic) bond motifs is 1. The maximum Gasteiger partial charge on any atom is 0.243 e. The van der Waals surface area contributed by atoms with Crippen LogP contribution in [0.4, 0.5) is 0 Å². The smallest absolute Gasteiger partial charge is 0.243 e. The lowest BCUT2D eigenvalue weighted by molar-refractivity contribution is 0.309. The summed E-state index contributed by atoms with van der Waals surface area (Å²) < 4.78 is 26.9. The highest BCUT2D eigenvalue weighted by molar-refractivity contribution is 7.89. The monoisotopic (exact) mass is 256 g/mol. The molecule has 2 saturated heterocycles. The largest absolute Gasteiger partial charge is 0.299 e. The standard InChI is InChI=1S/C10H16N4O2S/c15-17(16,8-6-11-12-7-8)13-9-3-5-14-4-1-2-10(9)14/h6-7,9-10,13H,1-5H2,(H,11,12). The zero-order valence-electron chi connectivity index (χ0n) is 9.46. The van der Waals surface area contributed by atoms with Crippen LogP contribution in [0.3, 0.4) is 0 Å². The first-order valence-electron chi connectivity index (χ1n) is 5.92. The minimum atomic E-state index is -3.41. The highest BCUT2D eigenvalue weighted by Gasteiger charge is 2.39. The van der Waals surface area contributed by atoms with E-state index in [2.05, 4.69) is 19.8 Å². The summed E-state index contributed by atoms with van der Waals surface area (Å²) in [4.78, 5) is 2.59. The van der Waals surface area contributed by atoms with Crippen LogP contribution in [-0.2, 0) is 10.0 Å². The van der Waals surface area contributed by atoms with Crippen molar-refractivity contribution in [1.29, 1.82) is 0 Å². The lowest BCUT2D eigenvalue weighted by Gasteiger charge is -2.20. The Morgan fingerprint density at radius 1 is 1.41 bits per heavy atom. The number of nitrogens with zero attached hydrogens (tertiary/aromatic N) is 2. The molecule has 1 aromatic heterocycles. The van der Waals surface area contributed by atoms with Crippen LogP contribution >= 0.6 is 0 Å².